The minimum absolute atomic E-state index is 0.00167. The molecule has 2 saturated heterocycles. The fourth-order valence-electron chi connectivity index (χ4n) is 5.78. The molecule has 3 aliphatic heterocycles. The normalized spacial score (nSPS) is 31.9. The Bertz CT molecular complexity index is 807. The van der Waals surface area contributed by atoms with Crippen LogP contribution >= 0.6 is 0 Å². The van der Waals surface area contributed by atoms with Crippen molar-refractivity contribution in [2.75, 3.05) is 19.6 Å². The van der Waals surface area contributed by atoms with Crippen molar-refractivity contribution in [2.45, 2.75) is 70.5 Å². The van der Waals surface area contributed by atoms with E-state index in [-0.39, 0.29) is 35.8 Å². The third-order valence-electron chi connectivity index (χ3n) is 6.95. The zero-order chi connectivity index (χ0) is 19.8. The molecule has 2 bridgehead atoms. The van der Waals surface area contributed by atoms with Crippen molar-refractivity contribution in [3.8, 4) is 0 Å². The van der Waals surface area contributed by atoms with Crippen LogP contribution in [0.15, 0.2) is 23.0 Å². The highest BCUT2D eigenvalue weighted by Crippen LogP contribution is 2.30. The van der Waals surface area contributed by atoms with E-state index < -0.39 is 0 Å². The zero-order valence-electron chi connectivity index (χ0n) is 17.0. The van der Waals surface area contributed by atoms with Crippen molar-refractivity contribution in [1.29, 1.82) is 0 Å². The van der Waals surface area contributed by atoms with Crippen LogP contribution in [0, 0.1) is 5.92 Å². The Morgan fingerprint density at radius 1 is 1.14 bits per heavy atom. The molecule has 6 nitrogen and oxygen atoms in total. The van der Waals surface area contributed by atoms with E-state index in [2.05, 4.69) is 19.9 Å². The van der Waals surface area contributed by atoms with Gasteiger partial charge in [-0.05, 0) is 45.6 Å². The molecule has 1 unspecified atom stereocenters. The SMILES string of the molecule is C[C@@H]1CCC[C@H](C)N1C(=O)CC(=O)C[NH+]1C[C@@H]2C[C@H](C1)c1cccc(=O)n1C2. The molecule has 152 valence electrons. The molecule has 0 saturated carbocycles. The fraction of sp³-hybridized carbons (Fsp3) is 0.682. The molecule has 5 atom stereocenters. The average molecular weight is 387 g/mol. The maximum absolute atomic E-state index is 12.7. The summed E-state index contributed by atoms with van der Waals surface area (Å²) in [5.41, 5.74) is 1.20. The number of carbonyl (C=O) groups excluding carboxylic acids is 2. The molecule has 4 rings (SSSR count). The molecule has 0 radical (unpaired) electrons. The summed E-state index contributed by atoms with van der Waals surface area (Å²) in [4.78, 5) is 40.7. The summed E-state index contributed by atoms with van der Waals surface area (Å²) in [6, 6.07) is 6.00. The number of piperidine rings is 2. The zero-order valence-corrected chi connectivity index (χ0v) is 17.0. The van der Waals surface area contributed by atoms with Gasteiger partial charge in [-0.2, -0.15) is 0 Å². The number of nitrogens with one attached hydrogen (secondary N) is 1. The first kappa shape index (κ1) is 19.4. The second-order valence-corrected chi connectivity index (χ2v) is 9.18. The van der Waals surface area contributed by atoms with Crippen LogP contribution in [0.1, 0.15) is 57.6 Å². The molecule has 3 aliphatic rings. The Balaban J connectivity index is 1.37. The first-order valence-corrected chi connectivity index (χ1v) is 10.8. The quantitative estimate of drug-likeness (QED) is 0.771. The minimum atomic E-state index is -0.00167. The second kappa shape index (κ2) is 7.82. The second-order valence-electron chi connectivity index (χ2n) is 9.18. The Morgan fingerprint density at radius 2 is 1.89 bits per heavy atom. The highest BCUT2D eigenvalue weighted by Gasteiger charge is 2.38. The largest absolute Gasteiger partial charge is 0.337 e. The smallest absolute Gasteiger partial charge is 0.250 e. The molecule has 1 amide bonds. The van der Waals surface area contributed by atoms with E-state index in [9.17, 15) is 14.4 Å². The van der Waals surface area contributed by atoms with Crippen molar-refractivity contribution in [3.63, 3.8) is 0 Å². The lowest BCUT2D eigenvalue weighted by atomic mass is 9.83. The Kier molecular flexibility index (Phi) is 5.41. The maximum Gasteiger partial charge on any atom is 0.250 e. The van der Waals surface area contributed by atoms with Gasteiger partial charge in [-0.25, -0.2) is 0 Å². The minimum Gasteiger partial charge on any atom is -0.337 e. The van der Waals surface area contributed by atoms with Crippen LogP contribution < -0.4 is 10.5 Å². The number of quaternary nitrogens is 1. The molecule has 2 fully saturated rings. The summed E-state index contributed by atoms with van der Waals surface area (Å²) in [6.07, 6.45) is 4.35. The van der Waals surface area contributed by atoms with Crippen LogP contribution in [0.5, 0.6) is 0 Å². The number of fused-ring (bicyclic) bond motifs is 4. The lowest BCUT2D eigenvalue weighted by Gasteiger charge is -2.40. The lowest BCUT2D eigenvalue weighted by molar-refractivity contribution is -0.903. The number of aromatic nitrogens is 1. The van der Waals surface area contributed by atoms with Gasteiger partial charge >= 0.3 is 0 Å². The standard InChI is InChI=1S/C22H31N3O3/c1-15-5-3-6-16(2)25(15)22(28)10-19(26)14-23-11-17-9-18(13-23)20-7-4-8-21(27)24(20)12-17/h4,7-8,15-18H,3,5-6,9-14H2,1-2H3/p+1/t15-,16+,17-,18+/m0/s1. The van der Waals surface area contributed by atoms with E-state index in [1.165, 1.54) is 4.90 Å². The first-order chi connectivity index (χ1) is 13.4. The van der Waals surface area contributed by atoms with E-state index >= 15 is 0 Å². The Morgan fingerprint density at radius 3 is 2.64 bits per heavy atom. The molecule has 1 aromatic heterocycles. The van der Waals surface area contributed by atoms with Gasteiger partial charge in [0.25, 0.3) is 5.56 Å². The molecule has 6 heteroatoms. The van der Waals surface area contributed by atoms with Crippen LogP contribution in [0.3, 0.4) is 0 Å². The number of hydrogen-bond donors (Lipinski definition) is 1. The molecule has 0 aromatic carbocycles. The van der Waals surface area contributed by atoms with Crippen LogP contribution in [-0.2, 0) is 16.1 Å². The molecule has 0 spiro atoms. The van der Waals surface area contributed by atoms with Crippen LogP contribution in [-0.4, -0.2) is 52.9 Å². The summed E-state index contributed by atoms with van der Waals surface area (Å²) in [5, 5.41) is 0. The van der Waals surface area contributed by atoms with Crippen molar-refractivity contribution < 1.29 is 14.5 Å². The molecular weight excluding hydrogens is 354 g/mol. The van der Waals surface area contributed by atoms with E-state index in [0.717, 1.165) is 51.0 Å². The van der Waals surface area contributed by atoms with E-state index in [0.29, 0.717) is 18.4 Å². The van der Waals surface area contributed by atoms with E-state index in [1.54, 1.807) is 6.07 Å². The van der Waals surface area contributed by atoms with E-state index in [1.807, 2.05) is 15.5 Å². The summed E-state index contributed by atoms with van der Waals surface area (Å²) < 4.78 is 1.92. The monoisotopic (exact) mass is 386 g/mol. The first-order valence-electron chi connectivity index (χ1n) is 10.8. The van der Waals surface area contributed by atoms with E-state index in [4.69, 9.17) is 0 Å². The summed E-state index contributed by atoms with van der Waals surface area (Å²) in [5.74, 6) is 0.822. The van der Waals surface area contributed by atoms with Crippen LogP contribution in [0.4, 0.5) is 0 Å². The highest BCUT2D eigenvalue weighted by atomic mass is 16.2. The van der Waals surface area contributed by atoms with Gasteiger partial charge in [0, 0.05) is 42.2 Å². The fourth-order valence-corrected chi connectivity index (χ4v) is 5.78. The third kappa shape index (κ3) is 3.79. The number of pyridine rings is 1. The van der Waals surface area contributed by atoms with Gasteiger partial charge in [-0.3, -0.25) is 14.4 Å². The highest BCUT2D eigenvalue weighted by molar-refractivity contribution is 5.98. The van der Waals surface area contributed by atoms with Gasteiger partial charge in [0.15, 0.2) is 5.78 Å². The predicted molar refractivity (Wildman–Crippen MR) is 106 cm³/mol. The average Bonchev–Trinajstić information content (AvgIpc) is 2.62. The van der Waals surface area contributed by atoms with Gasteiger partial charge in [0.2, 0.25) is 5.91 Å². The number of hydrogen-bond acceptors (Lipinski definition) is 3. The number of likely N-dealkylation sites (tertiary alicyclic amines) is 2. The third-order valence-corrected chi connectivity index (χ3v) is 6.95. The van der Waals surface area contributed by atoms with Crippen molar-refractivity contribution >= 4 is 11.7 Å². The number of carbonyl (C=O) groups is 2. The summed E-state index contributed by atoms with van der Waals surface area (Å²) in [7, 11) is 0. The number of ketones is 1. The Labute approximate surface area is 166 Å². The molecule has 4 heterocycles. The maximum atomic E-state index is 12.7. The van der Waals surface area contributed by atoms with Gasteiger partial charge in [0.05, 0.1) is 19.5 Å². The van der Waals surface area contributed by atoms with Crippen molar-refractivity contribution in [3.05, 3.63) is 34.2 Å². The Hall–Kier alpha value is -1.95. The topological polar surface area (TPSA) is 63.8 Å². The van der Waals surface area contributed by atoms with Gasteiger partial charge in [-0.15, -0.1) is 0 Å². The summed E-state index contributed by atoms with van der Waals surface area (Å²) in [6.45, 7) is 7.14. The van der Waals surface area contributed by atoms with Gasteiger partial charge < -0.3 is 14.4 Å². The molecule has 0 aliphatic carbocycles. The summed E-state index contributed by atoms with van der Waals surface area (Å²) >= 11 is 0. The lowest BCUT2D eigenvalue weighted by Crippen LogP contribution is -3.15. The van der Waals surface area contributed by atoms with Crippen molar-refractivity contribution in [2.24, 2.45) is 5.92 Å². The molecular formula is C22H32N3O3+. The molecule has 28 heavy (non-hydrogen) atoms. The predicted octanol–water partition coefficient (Wildman–Crippen LogP) is 0.599. The van der Waals surface area contributed by atoms with Crippen LogP contribution in [0.25, 0.3) is 0 Å². The number of amides is 1. The molecule has 1 N–H and O–H groups in total. The number of rotatable bonds is 4. The molecule has 1 aromatic rings. The number of nitrogens with zero attached hydrogens (tertiary/aromatic N) is 2. The van der Waals surface area contributed by atoms with Gasteiger partial charge in [0.1, 0.15) is 6.54 Å². The number of Topliss-reactive ketones (excluding diaryl/α,β-unsaturated/α-hetero) is 1. The van der Waals surface area contributed by atoms with Crippen LogP contribution in [0.2, 0.25) is 0 Å². The van der Waals surface area contributed by atoms with Gasteiger partial charge in [-0.1, -0.05) is 6.07 Å². The van der Waals surface area contributed by atoms with Crippen molar-refractivity contribution in [1.82, 2.24) is 9.47 Å².